The number of anilines is 1. The number of carbonyl (C=O) groups excluding carboxylic acids is 1. The van der Waals surface area contributed by atoms with E-state index in [0.717, 1.165) is 11.7 Å². The van der Waals surface area contributed by atoms with Crippen LogP contribution in [0.3, 0.4) is 0 Å². The van der Waals surface area contributed by atoms with E-state index in [-0.39, 0.29) is 5.97 Å². The third-order valence-corrected chi connectivity index (χ3v) is 3.91. The molecule has 0 saturated carbocycles. The molecule has 102 valence electrons. The SMILES string of the molecule is CCCCC(CC)CNc1ncc(C(=O)OC)s1. The van der Waals surface area contributed by atoms with Gasteiger partial charge in [-0.1, -0.05) is 44.4 Å². The molecule has 0 aliphatic rings. The smallest absolute Gasteiger partial charge is 0.349 e. The highest BCUT2D eigenvalue weighted by Gasteiger charge is 2.11. The third-order valence-electron chi connectivity index (χ3n) is 2.98. The number of rotatable bonds is 8. The molecule has 0 aromatic carbocycles. The molecule has 0 fully saturated rings. The molecule has 1 unspecified atom stereocenters. The van der Waals surface area contributed by atoms with Gasteiger partial charge in [0.1, 0.15) is 4.88 Å². The van der Waals surface area contributed by atoms with Crippen LogP contribution >= 0.6 is 11.3 Å². The maximum atomic E-state index is 11.3. The van der Waals surface area contributed by atoms with Crippen LogP contribution in [0.1, 0.15) is 49.2 Å². The summed E-state index contributed by atoms with van der Waals surface area (Å²) in [5, 5.41) is 4.10. The van der Waals surface area contributed by atoms with Gasteiger partial charge in [-0.05, 0) is 12.3 Å². The van der Waals surface area contributed by atoms with E-state index in [1.807, 2.05) is 0 Å². The van der Waals surface area contributed by atoms with Crippen LogP contribution in [0.5, 0.6) is 0 Å². The molecule has 5 heteroatoms. The first-order valence-electron chi connectivity index (χ1n) is 6.49. The van der Waals surface area contributed by atoms with E-state index in [9.17, 15) is 4.79 Å². The van der Waals surface area contributed by atoms with Crippen molar-refractivity contribution in [3.05, 3.63) is 11.1 Å². The average Bonchev–Trinajstić information content (AvgIpc) is 2.87. The van der Waals surface area contributed by atoms with Gasteiger partial charge in [0, 0.05) is 6.54 Å². The van der Waals surface area contributed by atoms with Crippen molar-refractivity contribution in [3.8, 4) is 0 Å². The van der Waals surface area contributed by atoms with Gasteiger partial charge < -0.3 is 10.1 Å². The second kappa shape index (κ2) is 8.08. The molecule has 1 rings (SSSR count). The van der Waals surface area contributed by atoms with Crippen LogP contribution in [0.25, 0.3) is 0 Å². The molecular formula is C13H22N2O2S. The number of ether oxygens (including phenoxy) is 1. The highest BCUT2D eigenvalue weighted by molar-refractivity contribution is 7.17. The molecule has 0 aliphatic carbocycles. The maximum absolute atomic E-state index is 11.3. The van der Waals surface area contributed by atoms with Crippen molar-refractivity contribution in [2.24, 2.45) is 5.92 Å². The van der Waals surface area contributed by atoms with Crippen LogP contribution < -0.4 is 5.32 Å². The Kier molecular flexibility index (Phi) is 6.72. The van der Waals surface area contributed by atoms with Crippen molar-refractivity contribution in [1.29, 1.82) is 0 Å². The lowest BCUT2D eigenvalue weighted by Crippen LogP contribution is -2.13. The predicted molar refractivity (Wildman–Crippen MR) is 75.2 cm³/mol. The molecule has 0 amide bonds. The topological polar surface area (TPSA) is 51.2 Å². The molecule has 0 aliphatic heterocycles. The molecule has 0 spiro atoms. The van der Waals surface area contributed by atoms with Crippen LogP contribution in [-0.2, 0) is 4.74 Å². The zero-order chi connectivity index (χ0) is 13.4. The van der Waals surface area contributed by atoms with E-state index in [1.54, 1.807) is 6.20 Å². The van der Waals surface area contributed by atoms with E-state index in [2.05, 4.69) is 28.9 Å². The van der Waals surface area contributed by atoms with Gasteiger partial charge in [0.25, 0.3) is 0 Å². The number of aromatic nitrogens is 1. The standard InChI is InChI=1S/C13H22N2O2S/c1-4-6-7-10(5-2)8-14-13-15-9-11(18-13)12(16)17-3/h9-10H,4-8H2,1-3H3,(H,14,15). The number of thiazole rings is 1. The van der Waals surface area contributed by atoms with Gasteiger partial charge in [0.2, 0.25) is 0 Å². The van der Waals surface area contributed by atoms with Crippen molar-refractivity contribution < 1.29 is 9.53 Å². The molecule has 1 atom stereocenters. The van der Waals surface area contributed by atoms with E-state index >= 15 is 0 Å². The molecule has 4 nitrogen and oxygen atoms in total. The predicted octanol–water partition coefficient (Wildman–Crippen LogP) is 3.56. The Morgan fingerprint density at radius 2 is 2.33 bits per heavy atom. The number of nitrogens with zero attached hydrogens (tertiary/aromatic N) is 1. The number of hydrogen-bond donors (Lipinski definition) is 1. The molecule has 1 aromatic heterocycles. The highest BCUT2D eigenvalue weighted by atomic mass is 32.1. The summed E-state index contributed by atoms with van der Waals surface area (Å²) in [6.07, 6.45) is 6.48. The van der Waals surface area contributed by atoms with Gasteiger partial charge in [0.15, 0.2) is 5.13 Å². The molecule has 0 saturated heterocycles. The summed E-state index contributed by atoms with van der Waals surface area (Å²) in [4.78, 5) is 16.0. The van der Waals surface area contributed by atoms with E-state index in [1.165, 1.54) is 44.1 Å². The van der Waals surface area contributed by atoms with Crippen molar-refractivity contribution in [1.82, 2.24) is 4.98 Å². The lowest BCUT2D eigenvalue weighted by molar-refractivity contribution is 0.0606. The summed E-state index contributed by atoms with van der Waals surface area (Å²) in [5.74, 6) is 0.356. The number of unbranched alkanes of at least 4 members (excludes halogenated alkanes) is 1. The number of methoxy groups -OCH3 is 1. The van der Waals surface area contributed by atoms with Gasteiger partial charge in [-0.3, -0.25) is 0 Å². The molecule has 1 N–H and O–H groups in total. The first-order valence-corrected chi connectivity index (χ1v) is 7.30. The quantitative estimate of drug-likeness (QED) is 0.734. The Morgan fingerprint density at radius 3 is 2.94 bits per heavy atom. The summed E-state index contributed by atoms with van der Waals surface area (Å²) in [6, 6.07) is 0. The minimum atomic E-state index is -0.321. The van der Waals surface area contributed by atoms with E-state index in [4.69, 9.17) is 0 Å². The number of hydrogen-bond acceptors (Lipinski definition) is 5. The minimum Gasteiger partial charge on any atom is -0.465 e. The first-order chi connectivity index (χ1) is 8.71. The Hall–Kier alpha value is -1.10. The number of carbonyl (C=O) groups is 1. The van der Waals surface area contributed by atoms with Gasteiger partial charge in [0.05, 0.1) is 13.3 Å². The number of esters is 1. The lowest BCUT2D eigenvalue weighted by Gasteiger charge is -2.14. The largest absolute Gasteiger partial charge is 0.465 e. The minimum absolute atomic E-state index is 0.321. The lowest BCUT2D eigenvalue weighted by atomic mass is 10.00. The monoisotopic (exact) mass is 270 g/mol. The first kappa shape index (κ1) is 15.0. The van der Waals surface area contributed by atoms with Crippen LogP contribution in [0.15, 0.2) is 6.20 Å². The second-order valence-electron chi connectivity index (χ2n) is 4.32. The fraction of sp³-hybridized carbons (Fsp3) is 0.692. The zero-order valence-electron chi connectivity index (χ0n) is 11.4. The summed E-state index contributed by atoms with van der Waals surface area (Å²) in [7, 11) is 1.38. The zero-order valence-corrected chi connectivity index (χ0v) is 12.2. The van der Waals surface area contributed by atoms with Crippen molar-refractivity contribution in [2.45, 2.75) is 39.5 Å². The molecule has 0 radical (unpaired) electrons. The Labute approximate surface area is 113 Å². The highest BCUT2D eigenvalue weighted by Crippen LogP contribution is 2.20. The summed E-state index contributed by atoms with van der Waals surface area (Å²) >= 11 is 1.35. The normalized spacial score (nSPS) is 12.2. The van der Waals surface area contributed by atoms with Crippen LogP contribution in [-0.4, -0.2) is 24.6 Å². The van der Waals surface area contributed by atoms with Crippen molar-refractivity contribution in [2.75, 3.05) is 19.0 Å². The van der Waals surface area contributed by atoms with Gasteiger partial charge in [-0.2, -0.15) is 0 Å². The van der Waals surface area contributed by atoms with Crippen molar-refractivity contribution >= 4 is 22.4 Å². The van der Waals surface area contributed by atoms with E-state index in [0.29, 0.717) is 10.8 Å². The van der Waals surface area contributed by atoms with E-state index < -0.39 is 0 Å². The number of nitrogens with one attached hydrogen (secondary N) is 1. The Bertz CT molecular complexity index is 366. The van der Waals surface area contributed by atoms with Crippen molar-refractivity contribution in [3.63, 3.8) is 0 Å². The third kappa shape index (κ3) is 4.64. The Balaban J connectivity index is 2.42. The van der Waals surface area contributed by atoms with Gasteiger partial charge >= 0.3 is 5.97 Å². The molecular weight excluding hydrogens is 248 g/mol. The van der Waals surface area contributed by atoms with Crippen LogP contribution in [0.2, 0.25) is 0 Å². The van der Waals surface area contributed by atoms with Gasteiger partial charge in [-0.15, -0.1) is 0 Å². The fourth-order valence-electron chi connectivity index (χ4n) is 1.73. The molecule has 0 bridgehead atoms. The van der Waals surface area contributed by atoms with Crippen LogP contribution in [0, 0.1) is 5.92 Å². The molecule has 1 aromatic rings. The molecule has 18 heavy (non-hydrogen) atoms. The van der Waals surface area contributed by atoms with Crippen LogP contribution in [0.4, 0.5) is 5.13 Å². The summed E-state index contributed by atoms with van der Waals surface area (Å²) in [6.45, 7) is 5.35. The maximum Gasteiger partial charge on any atom is 0.349 e. The van der Waals surface area contributed by atoms with Gasteiger partial charge in [-0.25, -0.2) is 9.78 Å². The summed E-state index contributed by atoms with van der Waals surface area (Å²) < 4.78 is 4.65. The molecule has 1 heterocycles. The second-order valence-corrected chi connectivity index (χ2v) is 5.35. The Morgan fingerprint density at radius 1 is 1.56 bits per heavy atom. The average molecular weight is 270 g/mol. The summed E-state index contributed by atoms with van der Waals surface area (Å²) in [5.41, 5.74) is 0. The fourth-order valence-corrected chi connectivity index (χ4v) is 2.47.